The van der Waals surface area contributed by atoms with Gasteiger partial charge < -0.3 is 19.5 Å². The third-order valence-corrected chi connectivity index (χ3v) is 6.61. The first kappa shape index (κ1) is 25.7. The number of hydrogen-bond acceptors (Lipinski definition) is 7. The number of nitrogens with zero attached hydrogens (tertiary/aromatic N) is 4. The number of hydrogen-bond donors (Lipinski definition) is 1. The SMILES string of the molecule is Cc1cc(OCCN2CCN(c3ncc(C(=O)O)c(COc4ccc(F)cc4)n3)CC2)cc(C)c1Cl. The summed E-state index contributed by atoms with van der Waals surface area (Å²) in [6, 6.07) is 9.42. The summed E-state index contributed by atoms with van der Waals surface area (Å²) >= 11 is 6.23. The number of carboxylic acid groups (broad SMARTS) is 1. The number of rotatable bonds is 9. The highest BCUT2D eigenvalue weighted by Gasteiger charge is 2.22. The Hall–Kier alpha value is -3.43. The zero-order chi connectivity index (χ0) is 25.7. The first-order valence-electron chi connectivity index (χ1n) is 11.6. The van der Waals surface area contributed by atoms with Gasteiger partial charge in [-0.1, -0.05) is 11.6 Å². The first-order chi connectivity index (χ1) is 17.3. The van der Waals surface area contributed by atoms with Gasteiger partial charge in [0.05, 0.1) is 5.69 Å². The molecule has 4 rings (SSSR count). The van der Waals surface area contributed by atoms with Crippen LogP contribution in [0.3, 0.4) is 0 Å². The number of anilines is 1. The minimum atomic E-state index is -1.13. The van der Waals surface area contributed by atoms with Crippen LogP contribution in [0.15, 0.2) is 42.6 Å². The molecule has 36 heavy (non-hydrogen) atoms. The number of carboxylic acids is 1. The summed E-state index contributed by atoms with van der Waals surface area (Å²) in [6.45, 7) is 8.21. The smallest absolute Gasteiger partial charge is 0.339 e. The molecule has 8 nitrogen and oxygen atoms in total. The zero-order valence-corrected chi connectivity index (χ0v) is 21.0. The van der Waals surface area contributed by atoms with Crippen molar-refractivity contribution >= 4 is 23.5 Å². The zero-order valence-electron chi connectivity index (χ0n) is 20.2. The molecule has 1 aromatic heterocycles. The van der Waals surface area contributed by atoms with Crippen LogP contribution in [-0.4, -0.2) is 65.3 Å². The summed E-state index contributed by atoms with van der Waals surface area (Å²) in [5, 5.41) is 10.3. The van der Waals surface area contributed by atoms with E-state index in [1.165, 1.54) is 30.5 Å². The minimum Gasteiger partial charge on any atom is -0.492 e. The van der Waals surface area contributed by atoms with Crippen molar-refractivity contribution in [3.8, 4) is 11.5 Å². The highest BCUT2D eigenvalue weighted by Crippen LogP contribution is 2.26. The van der Waals surface area contributed by atoms with Crippen molar-refractivity contribution in [2.45, 2.75) is 20.5 Å². The maximum atomic E-state index is 13.1. The predicted octanol–water partition coefficient (Wildman–Crippen LogP) is 4.36. The molecule has 0 atom stereocenters. The molecule has 1 saturated heterocycles. The predicted molar refractivity (Wildman–Crippen MR) is 135 cm³/mol. The lowest BCUT2D eigenvalue weighted by atomic mass is 10.1. The van der Waals surface area contributed by atoms with Crippen molar-refractivity contribution in [1.82, 2.24) is 14.9 Å². The molecule has 1 fully saturated rings. The molecule has 0 aliphatic carbocycles. The third kappa shape index (κ3) is 6.41. The van der Waals surface area contributed by atoms with Crippen LogP contribution < -0.4 is 14.4 Å². The molecule has 1 aliphatic heterocycles. The van der Waals surface area contributed by atoms with E-state index in [9.17, 15) is 14.3 Å². The number of benzene rings is 2. The van der Waals surface area contributed by atoms with Gasteiger partial charge in [-0.3, -0.25) is 4.90 Å². The van der Waals surface area contributed by atoms with Gasteiger partial charge in [-0.15, -0.1) is 0 Å². The standard InChI is InChI=1S/C26H28ClFN4O4/c1-17-13-21(14-18(2)24(17)27)35-12-11-31-7-9-32(10-8-31)26-29-15-22(25(33)34)23(30-26)16-36-20-5-3-19(28)4-6-20/h3-6,13-15H,7-12,16H2,1-2H3,(H,33,34). The van der Waals surface area contributed by atoms with Crippen molar-refractivity contribution in [2.24, 2.45) is 0 Å². The molecule has 0 saturated carbocycles. The van der Waals surface area contributed by atoms with Crippen LogP contribution in [0, 0.1) is 19.7 Å². The van der Waals surface area contributed by atoms with Gasteiger partial charge in [-0.2, -0.15) is 0 Å². The average Bonchev–Trinajstić information content (AvgIpc) is 2.87. The van der Waals surface area contributed by atoms with Gasteiger partial charge in [-0.25, -0.2) is 19.2 Å². The number of aryl methyl sites for hydroxylation is 2. The molecule has 1 N–H and O–H groups in total. The first-order valence-corrected chi connectivity index (χ1v) is 12.0. The van der Waals surface area contributed by atoms with Crippen molar-refractivity contribution in [1.29, 1.82) is 0 Å². The normalized spacial score (nSPS) is 14.1. The van der Waals surface area contributed by atoms with E-state index in [1.807, 2.05) is 30.9 Å². The number of carbonyl (C=O) groups is 1. The van der Waals surface area contributed by atoms with Crippen LogP contribution in [0.4, 0.5) is 10.3 Å². The molecule has 190 valence electrons. The van der Waals surface area contributed by atoms with E-state index in [1.54, 1.807) is 0 Å². The highest BCUT2D eigenvalue weighted by molar-refractivity contribution is 6.32. The van der Waals surface area contributed by atoms with E-state index in [4.69, 9.17) is 21.1 Å². The topological polar surface area (TPSA) is 88.0 Å². The number of aromatic nitrogens is 2. The molecule has 2 heterocycles. The molecule has 0 radical (unpaired) electrons. The van der Waals surface area contributed by atoms with Gasteiger partial charge >= 0.3 is 5.97 Å². The summed E-state index contributed by atoms with van der Waals surface area (Å²) in [4.78, 5) is 24.7. The van der Waals surface area contributed by atoms with E-state index in [0.717, 1.165) is 41.5 Å². The Bertz CT molecular complexity index is 1190. The van der Waals surface area contributed by atoms with Gasteiger partial charge in [-0.05, 0) is 61.4 Å². The van der Waals surface area contributed by atoms with Crippen LogP contribution in [0.25, 0.3) is 0 Å². The number of piperazine rings is 1. The van der Waals surface area contributed by atoms with E-state index >= 15 is 0 Å². The second-order valence-corrected chi connectivity index (χ2v) is 9.00. The molecular formula is C26H28ClFN4O4. The van der Waals surface area contributed by atoms with Crippen LogP contribution in [0.1, 0.15) is 27.2 Å². The second-order valence-electron chi connectivity index (χ2n) is 8.63. The van der Waals surface area contributed by atoms with Gasteiger partial charge in [0.25, 0.3) is 0 Å². The number of ether oxygens (including phenoxy) is 2. The molecular weight excluding hydrogens is 487 g/mol. The molecule has 2 aromatic carbocycles. The second kappa shape index (κ2) is 11.5. The van der Waals surface area contributed by atoms with Crippen molar-refractivity contribution < 1.29 is 23.8 Å². The Labute approximate surface area is 214 Å². The van der Waals surface area contributed by atoms with E-state index < -0.39 is 5.97 Å². The van der Waals surface area contributed by atoms with Crippen LogP contribution >= 0.6 is 11.6 Å². The summed E-state index contributed by atoms with van der Waals surface area (Å²) < 4.78 is 24.7. The fourth-order valence-corrected chi connectivity index (χ4v) is 4.09. The van der Waals surface area contributed by atoms with E-state index in [-0.39, 0.29) is 23.7 Å². The van der Waals surface area contributed by atoms with Gasteiger partial charge in [0, 0.05) is 43.9 Å². The van der Waals surface area contributed by atoms with Crippen LogP contribution in [0.5, 0.6) is 11.5 Å². The molecule has 0 spiro atoms. The lowest BCUT2D eigenvalue weighted by Crippen LogP contribution is -2.48. The average molecular weight is 515 g/mol. The Morgan fingerprint density at radius 3 is 2.36 bits per heavy atom. The Morgan fingerprint density at radius 1 is 1.06 bits per heavy atom. The lowest BCUT2D eigenvalue weighted by Gasteiger charge is -2.34. The number of halogens is 2. The van der Waals surface area contributed by atoms with Crippen LogP contribution in [0.2, 0.25) is 5.02 Å². The summed E-state index contributed by atoms with van der Waals surface area (Å²) in [6.07, 6.45) is 1.31. The maximum Gasteiger partial charge on any atom is 0.339 e. The van der Waals surface area contributed by atoms with Crippen molar-refractivity contribution in [3.05, 3.63) is 75.8 Å². The quantitative estimate of drug-likeness (QED) is 0.450. The van der Waals surface area contributed by atoms with Gasteiger partial charge in [0.1, 0.15) is 36.1 Å². The monoisotopic (exact) mass is 514 g/mol. The van der Waals surface area contributed by atoms with E-state index in [2.05, 4.69) is 14.9 Å². The van der Waals surface area contributed by atoms with Crippen molar-refractivity contribution in [3.63, 3.8) is 0 Å². The largest absolute Gasteiger partial charge is 0.492 e. The maximum absolute atomic E-state index is 13.1. The summed E-state index contributed by atoms with van der Waals surface area (Å²) in [7, 11) is 0. The minimum absolute atomic E-state index is 0.0238. The third-order valence-electron chi connectivity index (χ3n) is 6.02. The molecule has 0 amide bonds. The Kier molecular flexibility index (Phi) is 8.22. The van der Waals surface area contributed by atoms with Gasteiger partial charge in [0.2, 0.25) is 5.95 Å². The van der Waals surface area contributed by atoms with Crippen molar-refractivity contribution in [2.75, 3.05) is 44.2 Å². The molecule has 1 aliphatic rings. The molecule has 0 unspecified atom stereocenters. The Morgan fingerprint density at radius 2 is 1.72 bits per heavy atom. The van der Waals surface area contributed by atoms with Crippen LogP contribution in [-0.2, 0) is 6.61 Å². The Balaban J connectivity index is 1.32. The van der Waals surface area contributed by atoms with E-state index in [0.29, 0.717) is 31.4 Å². The summed E-state index contributed by atoms with van der Waals surface area (Å²) in [5.74, 6) is 0.192. The highest BCUT2D eigenvalue weighted by atomic mass is 35.5. The number of aromatic carboxylic acids is 1. The van der Waals surface area contributed by atoms with Gasteiger partial charge in [0.15, 0.2) is 0 Å². The summed E-state index contributed by atoms with van der Waals surface area (Å²) in [5.41, 5.74) is 2.23. The molecule has 0 bridgehead atoms. The fraction of sp³-hybridized carbons (Fsp3) is 0.346. The molecule has 10 heteroatoms. The lowest BCUT2D eigenvalue weighted by molar-refractivity contribution is 0.0692. The fourth-order valence-electron chi connectivity index (χ4n) is 3.98. The molecule has 3 aromatic rings.